The van der Waals surface area contributed by atoms with Gasteiger partial charge in [-0.05, 0) is 36.8 Å². The summed E-state index contributed by atoms with van der Waals surface area (Å²) in [4.78, 5) is 29.9. The van der Waals surface area contributed by atoms with E-state index < -0.39 is 4.87 Å². The van der Waals surface area contributed by atoms with Crippen LogP contribution in [0.3, 0.4) is 0 Å². The molecule has 1 fully saturated rings. The van der Waals surface area contributed by atoms with Crippen molar-refractivity contribution in [2.45, 2.75) is 18.3 Å². The van der Waals surface area contributed by atoms with Gasteiger partial charge in [0.15, 0.2) is 4.87 Å². The number of anilines is 2. The fourth-order valence-corrected chi connectivity index (χ4v) is 6.22. The first kappa shape index (κ1) is 22.6. The number of rotatable bonds is 4. The molecule has 0 bridgehead atoms. The highest BCUT2D eigenvalue weighted by atomic mass is 35.5. The molecule has 1 unspecified atom stereocenters. The van der Waals surface area contributed by atoms with E-state index in [0.29, 0.717) is 35.3 Å². The normalized spacial score (nSPS) is 19.0. The van der Waals surface area contributed by atoms with E-state index in [4.69, 9.17) is 16.3 Å². The van der Waals surface area contributed by atoms with Gasteiger partial charge in [-0.1, -0.05) is 53.6 Å². The standard InChI is InChI=1S/C26H24ClN3O3S/c1-17-10-11-23-21(14-17)26(24(31)29(23)16-18-6-3-4-9-22(18)27)30(12-13-34-26)25(32)28-19-7-5-8-20(15-19)33-2/h3-11,14-15H,12-13,16H2,1-2H3,(H,28,32). The highest BCUT2D eigenvalue weighted by Crippen LogP contribution is 2.54. The van der Waals surface area contributed by atoms with Gasteiger partial charge in [0.05, 0.1) is 19.3 Å². The van der Waals surface area contributed by atoms with E-state index in [-0.39, 0.29) is 11.9 Å². The number of carbonyl (C=O) groups is 2. The van der Waals surface area contributed by atoms with Crippen LogP contribution >= 0.6 is 23.4 Å². The van der Waals surface area contributed by atoms with Crippen molar-refractivity contribution in [1.82, 2.24) is 4.90 Å². The Morgan fingerprint density at radius 3 is 2.76 bits per heavy atom. The molecule has 2 aliphatic rings. The number of carbonyl (C=O) groups excluding carboxylic acids is 2. The second-order valence-corrected chi connectivity index (χ2v) is 10.0. The third-order valence-electron chi connectivity index (χ3n) is 6.20. The number of halogens is 1. The summed E-state index contributed by atoms with van der Waals surface area (Å²) in [6.07, 6.45) is 0. The number of amides is 3. The van der Waals surface area contributed by atoms with Crippen LogP contribution in [-0.4, -0.2) is 36.2 Å². The molecule has 3 amide bonds. The molecule has 174 valence electrons. The number of ether oxygens (including phenoxy) is 1. The molecule has 0 aliphatic carbocycles. The summed E-state index contributed by atoms with van der Waals surface area (Å²) in [5, 5.41) is 3.56. The number of nitrogens with one attached hydrogen (secondary N) is 1. The Kier molecular flexibility index (Phi) is 5.91. The molecule has 1 spiro atoms. The van der Waals surface area contributed by atoms with Gasteiger partial charge in [-0.3, -0.25) is 9.69 Å². The number of thioether (sulfide) groups is 1. The molecular formula is C26H24ClN3O3S. The molecule has 2 heterocycles. The summed E-state index contributed by atoms with van der Waals surface area (Å²) < 4.78 is 5.27. The number of benzene rings is 3. The fourth-order valence-electron chi connectivity index (χ4n) is 4.57. The Hall–Kier alpha value is -3.16. The largest absolute Gasteiger partial charge is 0.497 e. The maximum Gasteiger partial charge on any atom is 0.323 e. The third kappa shape index (κ3) is 3.69. The first-order valence-corrected chi connectivity index (χ1v) is 12.3. The minimum atomic E-state index is -1.12. The predicted octanol–water partition coefficient (Wildman–Crippen LogP) is 5.64. The van der Waals surface area contributed by atoms with Crippen LogP contribution in [-0.2, 0) is 16.2 Å². The number of hydrogen-bond donors (Lipinski definition) is 1. The number of nitrogens with zero attached hydrogens (tertiary/aromatic N) is 2. The Balaban J connectivity index is 1.53. The van der Waals surface area contributed by atoms with Crippen LogP contribution in [0.4, 0.5) is 16.2 Å². The summed E-state index contributed by atoms with van der Waals surface area (Å²) in [6, 6.07) is 20.4. The zero-order valence-electron chi connectivity index (χ0n) is 18.9. The van der Waals surface area contributed by atoms with E-state index >= 15 is 0 Å². The maximum atomic E-state index is 14.1. The molecule has 3 aromatic carbocycles. The molecule has 0 saturated carbocycles. The van der Waals surface area contributed by atoms with Gasteiger partial charge in [-0.15, -0.1) is 11.8 Å². The third-order valence-corrected chi connectivity index (χ3v) is 7.99. The van der Waals surface area contributed by atoms with Gasteiger partial charge in [-0.2, -0.15) is 0 Å². The lowest BCUT2D eigenvalue weighted by Crippen LogP contribution is -2.51. The lowest BCUT2D eigenvalue weighted by Gasteiger charge is -2.33. The molecule has 34 heavy (non-hydrogen) atoms. The predicted molar refractivity (Wildman–Crippen MR) is 137 cm³/mol. The molecule has 1 saturated heterocycles. The highest BCUT2D eigenvalue weighted by molar-refractivity contribution is 8.01. The number of urea groups is 1. The number of hydrogen-bond acceptors (Lipinski definition) is 4. The lowest BCUT2D eigenvalue weighted by molar-refractivity contribution is -0.123. The van der Waals surface area contributed by atoms with E-state index in [1.807, 2.05) is 61.5 Å². The Labute approximate surface area is 207 Å². The minimum absolute atomic E-state index is 0.128. The Morgan fingerprint density at radius 1 is 1.15 bits per heavy atom. The van der Waals surface area contributed by atoms with Crippen molar-refractivity contribution < 1.29 is 14.3 Å². The Bertz CT molecular complexity index is 1280. The summed E-state index contributed by atoms with van der Waals surface area (Å²) in [7, 11) is 1.58. The zero-order chi connectivity index (χ0) is 23.9. The van der Waals surface area contributed by atoms with Gasteiger partial charge < -0.3 is 15.0 Å². The van der Waals surface area contributed by atoms with Gasteiger partial charge in [0.25, 0.3) is 5.91 Å². The first-order chi connectivity index (χ1) is 16.4. The molecule has 3 aromatic rings. The van der Waals surface area contributed by atoms with Gasteiger partial charge in [0, 0.05) is 34.6 Å². The minimum Gasteiger partial charge on any atom is -0.497 e. The van der Waals surface area contributed by atoms with Crippen LogP contribution in [0.25, 0.3) is 0 Å². The van der Waals surface area contributed by atoms with Gasteiger partial charge in [0.1, 0.15) is 5.75 Å². The lowest BCUT2D eigenvalue weighted by atomic mass is 10.0. The molecule has 2 aliphatic heterocycles. The van der Waals surface area contributed by atoms with Crippen molar-refractivity contribution >= 4 is 46.7 Å². The van der Waals surface area contributed by atoms with Crippen LogP contribution < -0.4 is 15.0 Å². The number of aryl methyl sites for hydroxylation is 1. The summed E-state index contributed by atoms with van der Waals surface area (Å²) in [5.41, 5.74) is 4.15. The molecule has 5 rings (SSSR count). The second-order valence-electron chi connectivity index (χ2n) is 8.31. The van der Waals surface area contributed by atoms with E-state index in [0.717, 1.165) is 22.4 Å². The van der Waals surface area contributed by atoms with E-state index in [1.165, 1.54) is 11.8 Å². The van der Waals surface area contributed by atoms with Crippen molar-refractivity contribution in [2.75, 3.05) is 29.6 Å². The summed E-state index contributed by atoms with van der Waals surface area (Å²) in [6.45, 7) is 2.79. The van der Waals surface area contributed by atoms with Crippen molar-refractivity contribution in [2.24, 2.45) is 0 Å². The molecular weight excluding hydrogens is 470 g/mol. The van der Waals surface area contributed by atoms with Crippen molar-refractivity contribution in [3.05, 3.63) is 88.4 Å². The van der Waals surface area contributed by atoms with Gasteiger partial charge >= 0.3 is 6.03 Å². The van der Waals surface area contributed by atoms with E-state index in [2.05, 4.69) is 5.32 Å². The summed E-state index contributed by atoms with van der Waals surface area (Å²) in [5.74, 6) is 1.17. The summed E-state index contributed by atoms with van der Waals surface area (Å²) >= 11 is 7.92. The van der Waals surface area contributed by atoms with E-state index in [9.17, 15) is 9.59 Å². The Morgan fingerprint density at radius 2 is 1.97 bits per heavy atom. The molecule has 1 atom stereocenters. The number of fused-ring (bicyclic) bond motifs is 2. The quantitative estimate of drug-likeness (QED) is 0.511. The SMILES string of the molecule is COc1cccc(NC(=O)N2CCSC23C(=O)N(Cc2ccccc2Cl)c2ccc(C)cc23)c1. The maximum absolute atomic E-state index is 14.1. The molecule has 0 aromatic heterocycles. The van der Waals surface area contributed by atoms with Crippen LogP contribution in [0.2, 0.25) is 5.02 Å². The van der Waals surface area contributed by atoms with E-state index in [1.54, 1.807) is 29.0 Å². The molecule has 1 N–H and O–H groups in total. The van der Waals surface area contributed by atoms with Gasteiger partial charge in [0.2, 0.25) is 0 Å². The van der Waals surface area contributed by atoms with Crippen LogP contribution in [0.15, 0.2) is 66.7 Å². The monoisotopic (exact) mass is 493 g/mol. The van der Waals surface area contributed by atoms with Crippen molar-refractivity contribution in [3.63, 3.8) is 0 Å². The number of methoxy groups -OCH3 is 1. The van der Waals surface area contributed by atoms with Crippen LogP contribution in [0.5, 0.6) is 5.75 Å². The average molecular weight is 494 g/mol. The highest BCUT2D eigenvalue weighted by Gasteiger charge is 2.59. The van der Waals surface area contributed by atoms with Crippen molar-refractivity contribution in [3.8, 4) is 5.75 Å². The first-order valence-electron chi connectivity index (χ1n) is 11.0. The fraction of sp³-hybridized carbons (Fsp3) is 0.231. The van der Waals surface area contributed by atoms with Crippen molar-refractivity contribution in [1.29, 1.82) is 0 Å². The zero-order valence-corrected chi connectivity index (χ0v) is 20.4. The average Bonchev–Trinajstić information content (AvgIpc) is 3.38. The second kappa shape index (κ2) is 8.89. The molecule has 0 radical (unpaired) electrons. The smallest absolute Gasteiger partial charge is 0.323 e. The van der Waals surface area contributed by atoms with Crippen LogP contribution in [0.1, 0.15) is 16.7 Å². The van der Waals surface area contributed by atoms with Crippen LogP contribution in [0, 0.1) is 6.92 Å². The molecule has 6 nitrogen and oxygen atoms in total. The molecule has 8 heteroatoms. The van der Waals surface area contributed by atoms with Gasteiger partial charge in [-0.25, -0.2) is 4.79 Å². The topological polar surface area (TPSA) is 61.9 Å².